The van der Waals surface area contributed by atoms with Crippen LogP contribution in [0.5, 0.6) is 0 Å². The average Bonchev–Trinajstić information content (AvgIpc) is 2.95. The Morgan fingerprint density at radius 2 is 2.22 bits per heavy atom. The van der Waals surface area contributed by atoms with Gasteiger partial charge in [-0.2, -0.15) is 0 Å². The third kappa shape index (κ3) is 2.00. The molecule has 4 heterocycles. The van der Waals surface area contributed by atoms with Gasteiger partial charge in [-0.3, -0.25) is 9.38 Å². The molecule has 3 atom stereocenters. The molecule has 7 heteroatoms. The maximum Gasteiger partial charge on any atom is 0.145 e. The van der Waals surface area contributed by atoms with Crippen LogP contribution in [0.3, 0.4) is 0 Å². The molecule has 5 rings (SSSR count). The minimum atomic E-state index is -0.310. The normalized spacial score (nSPS) is 25.5. The molecular formula is C16H15FN6. The van der Waals surface area contributed by atoms with Crippen molar-refractivity contribution in [2.24, 2.45) is 5.92 Å². The van der Waals surface area contributed by atoms with Crippen LogP contribution < -0.4 is 10.6 Å². The lowest BCUT2D eigenvalue weighted by atomic mass is 9.69. The van der Waals surface area contributed by atoms with Crippen molar-refractivity contribution in [3.63, 3.8) is 0 Å². The number of hydrogen-bond acceptors (Lipinski definition) is 5. The Bertz CT molecular complexity index is 891. The van der Waals surface area contributed by atoms with E-state index in [0.717, 1.165) is 24.0 Å². The Kier molecular flexibility index (Phi) is 2.66. The third-order valence-electron chi connectivity index (χ3n) is 4.81. The molecule has 6 nitrogen and oxygen atoms in total. The first-order valence-electron chi connectivity index (χ1n) is 7.73. The van der Waals surface area contributed by atoms with Crippen LogP contribution in [0.1, 0.15) is 6.42 Å². The molecule has 1 saturated heterocycles. The smallest absolute Gasteiger partial charge is 0.145 e. The number of halogens is 1. The van der Waals surface area contributed by atoms with Crippen LogP contribution in [0.2, 0.25) is 0 Å². The summed E-state index contributed by atoms with van der Waals surface area (Å²) < 4.78 is 15.2. The molecular weight excluding hydrogens is 295 g/mol. The highest BCUT2D eigenvalue weighted by atomic mass is 19.1. The first-order chi connectivity index (χ1) is 11.3. The molecule has 2 N–H and O–H groups in total. The summed E-state index contributed by atoms with van der Waals surface area (Å²) in [7, 11) is 0. The monoisotopic (exact) mass is 310 g/mol. The van der Waals surface area contributed by atoms with Gasteiger partial charge in [-0.1, -0.05) is 0 Å². The SMILES string of the molecule is Fc1ccc2ncc(-c3cncc(NC4CC5CNC54)n3)n2c1. The fourth-order valence-corrected chi connectivity index (χ4v) is 3.44. The summed E-state index contributed by atoms with van der Waals surface area (Å²) in [4.78, 5) is 13.2. The summed E-state index contributed by atoms with van der Waals surface area (Å²) >= 11 is 0. The van der Waals surface area contributed by atoms with Crippen LogP contribution in [-0.4, -0.2) is 38.0 Å². The van der Waals surface area contributed by atoms with Gasteiger partial charge in [-0.15, -0.1) is 0 Å². The summed E-state index contributed by atoms with van der Waals surface area (Å²) in [6.07, 6.45) is 7.66. The van der Waals surface area contributed by atoms with E-state index in [1.54, 1.807) is 29.1 Å². The van der Waals surface area contributed by atoms with E-state index in [0.29, 0.717) is 23.4 Å². The Balaban J connectivity index is 1.47. The molecule has 0 radical (unpaired) electrons. The van der Waals surface area contributed by atoms with Crippen molar-refractivity contribution >= 4 is 11.5 Å². The van der Waals surface area contributed by atoms with Crippen molar-refractivity contribution in [1.82, 2.24) is 24.7 Å². The molecule has 0 bridgehead atoms. The van der Waals surface area contributed by atoms with Gasteiger partial charge >= 0.3 is 0 Å². The number of hydrogen-bond donors (Lipinski definition) is 2. The number of pyridine rings is 1. The van der Waals surface area contributed by atoms with Crippen LogP contribution in [-0.2, 0) is 0 Å². The number of anilines is 1. The first-order valence-corrected chi connectivity index (χ1v) is 7.73. The molecule has 0 amide bonds. The second kappa shape index (κ2) is 4.73. The zero-order valence-electron chi connectivity index (χ0n) is 12.3. The molecule has 1 saturated carbocycles. The van der Waals surface area contributed by atoms with E-state index in [4.69, 9.17) is 0 Å². The van der Waals surface area contributed by atoms with E-state index >= 15 is 0 Å². The topological polar surface area (TPSA) is 67.1 Å². The average molecular weight is 310 g/mol. The second-order valence-electron chi connectivity index (χ2n) is 6.19. The van der Waals surface area contributed by atoms with Gasteiger partial charge in [0.2, 0.25) is 0 Å². The summed E-state index contributed by atoms with van der Waals surface area (Å²) in [6, 6.07) is 4.02. The van der Waals surface area contributed by atoms with Gasteiger partial charge in [-0.25, -0.2) is 14.4 Å². The van der Waals surface area contributed by atoms with Crippen molar-refractivity contribution in [3.8, 4) is 11.4 Å². The lowest BCUT2D eigenvalue weighted by molar-refractivity contribution is 0.0910. The minimum Gasteiger partial charge on any atom is -0.364 e. The summed E-state index contributed by atoms with van der Waals surface area (Å²) in [6.45, 7) is 1.13. The predicted molar refractivity (Wildman–Crippen MR) is 83.5 cm³/mol. The van der Waals surface area contributed by atoms with Crippen molar-refractivity contribution in [1.29, 1.82) is 0 Å². The van der Waals surface area contributed by atoms with Gasteiger partial charge in [0.15, 0.2) is 0 Å². The fourth-order valence-electron chi connectivity index (χ4n) is 3.44. The Labute approximate surface area is 131 Å². The van der Waals surface area contributed by atoms with Gasteiger partial charge in [0, 0.05) is 18.3 Å². The molecule has 3 unspecified atom stereocenters. The van der Waals surface area contributed by atoms with Crippen molar-refractivity contribution in [3.05, 3.63) is 42.7 Å². The van der Waals surface area contributed by atoms with Crippen LogP contribution in [0.15, 0.2) is 36.9 Å². The lowest BCUT2D eigenvalue weighted by Gasteiger charge is -2.53. The van der Waals surface area contributed by atoms with E-state index in [1.165, 1.54) is 18.7 Å². The van der Waals surface area contributed by atoms with Gasteiger partial charge in [0.25, 0.3) is 0 Å². The number of aromatic nitrogens is 4. The third-order valence-corrected chi connectivity index (χ3v) is 4.81. The number of piperidine rings is 1. The number of rotatable bonds is 3. The molecule has 1 aliphatic carbocycles. The highest BCUT2D eigenvalue weighted by Crippen LogP contribution is 2.36. The van der Waals surface area contributed by atoms with Crippen LogP contribution in [0.25, 0.3) is 17.0 Å². The van der Waals surface area contributed by atoms with Gasteiger partial charge in [0.1, 0.15) is 23.0 Å². The highest BCUT2D eigenvalue weighted by molar-refractivity contribution is 5.60. The summed E-state index contributed by atoms with van der Waals surface area (Å²) in [5, 5.41) is 6.85. The predicted octanol–water partition coefficient (Wildman–Crippen LogP) is 1.70. The Hall–Kier alpha value is -2.54. The molecule has 116 valence electrons. The van der Waals surface area contributed by atoms with Crippen molar-refractivity contribution in [2.75, 3.05) is 11.9 Å². The first kappa shape index (κ1) is 13.0. The second-order valence-corrected chi connectivity index (χ2v) is 6.19. The van der Waals surface area contributed by atoms with Gasteiger partial charge in [-0.05, 0) is 31.0 Å². The largest absolute Gasteiger partial charge is 0.364 e. The van der Waals surface area contributed by atoms with Crippen LogP contribution >= 0.6 is 0 Å². The minimum absolute atomic E-state index is 0.310. The van der Waals surface area contributed by atoms with E-state index in [-0.39, 0.29) is 5.82 Å². The van der Waals surface area contributed by atoms with E-state index in [9.17, 15) is 4.39 Å². The van der Waals surface area contributed by atoms with Gasteiger partial charge in [0.05, 0.1) is 24.3 Å². The van der Waals surface area contributed by atoms with E-state index in [2.05, 4.69) is 25.6 Å². The number of nitrogens with zero attached hydrogens (tertiary/aromatic N) is 4. The standard InChI is InChI=1S/C16H15FN6/c17-10-1-2-15-19-6-13(23(15)8-10)12-5-18-7-14(22-12)21-11-3-9-4-20-16(9)11/h1-2,5-9,11,16,20H,3-4H2,(H,21,22). The van der Waals surface area contributed by atoms with Crippen molar-refractivity contribution < 1.29 is 4.39 Å². The molecule has 3 aromatic heterocycles. The van der Waals surface area contributed by atoms with Gasteiger partial charge < -0.3 is 10.6 Å². The zero-order valence-corrected chi connectivity index (χ0v) is 12.3. The van der Waals surface area contributed by atoms with Crippen LogP contribution in [0, 0.1) is 11.7 Å². The number of imidazole rings is 1. The van der Waals surface area contributed by atoms with E-state index < -0.39 is 0 Å². The molecule has 23 heavy (non-hydrogen) atoms. The lowest BCUT2D eigenvalue weighted by Crippen LogP contribution is -2.70. The quantitative estimate of drug-likeness (QED) is 0.771. The van der Waals surface area contributed by atoms with E-state index in [1.807, 2.05) is 0 Å². The Morgan fingerprint density at radius 1 is 1.26 bits per heavy atom. The summed E-state index contributed by atoms with van der Waals surface area (Å²) in [5.41, 5.74) is 2.08. The number of nitrogens with one attached hydrogen (secondary N) is 2. The van der Waals surface area contributed by atoms with Crippen molar-refractivity contribution in [2.45, 2.75) is 18.5 Å². The molecule has 0 aromatic carbocycles. The maximum absolute atomic E-state index is 13.5. The summed E-state index contributed by atoms with van der Waals surface area (Å²) in [5.74, 6) is 1.24. The maximum atomic E-state index is 13.5. The molecule has 1 aliphatic heterocycles. The highest BCUT2D eigenvalue weighted by Gasteiger charge is 2.47. The van der Waals surface area contributed by atoms with Crippen LogP contribution in [0.4, 0.5) is 10.2 Å². The molecule has 3 aromatic rings. The molecule has 2 aliphatic rings. The molecule has 2 fully saturated rings. The fraction of sp³-hybridized carbons (Fsp3) is 0.312. The Morgan fingerprint density at radius 3 is 3.00 bits per heavy atom. The number of fused-ring (bicyclic) bond motifs is 2. The zero-order chi connectivity index (χ0) is 15.4. The molecule has 0 spiro atoms.